The monoisotopic (exact) mass is 385 g/mol. The van der Waals surface area contributed by atoms with Crippen LogP contribution in [0.2, 0.25) is 0 Å². The fourth-order valence-electron chi connectivity index (χ4n) is 3.13. The highest BCUT2D eigenvalue weighted by molar-refractivity contribution is 7.89. The van der Waals surface area contributed by atoms with Gasteiger partial charge in [-0.05, 0) is 56.2 Å². The number of hydrogen-bond acceptors (Lipinski definition) is 3. The molecule has 27 heavy (non-hydrogen) atoms. The van der Waals surface area contributed by atoms with Gasteiger partial charge in [0.25, 0.3) is 0 Å². The summed E-state index contributed by atoms with van der Waals surface area (Å²) < 4.78 is 28.3. The van der Waals surface area contributed by atoms with E-state index in [2.05, 4.69) is 15.0 Å². The molecule has 0 aliphatic heterocycles. The number of aromatic amines is 1. The van der Waals surface area contributed by atoms with E-state index in [1.807, 2.05) is 44.3 Å². The Morgan fingerprint density at radius 3 is 2.41 bits per heavy atom. The van der Waals surface area contributed by atoms with E-state index in [0.29, 0.717) is 12.1 Å². The Kier molecular flexibility index (Phi) is 5.08. The number of sulfonamides is 1. The predicted molar refractivity (Wildman–Crippen MR) is 107 cm³/mol. The first kappa shape index (κ1) is 19.1. The first-order chi connectivity index (χ1) is 12.7. The molecule has 0 atom stereocenters. The van der Waals surface area contributed by atoms with Gasteiger partial charge in [0.2, 0.25) is 15.9 Å². The van der Waals surface area contributed by atoms with Crippen LogP contribution < -0.4 is 10.0 Å². The molecule has 0 bridgehead atoms. The van der Waals surface area contributed by atoms with Crippen LogP contribution in [0.3, 0.4) is 0 Å². The Morgan fingerprint density at radius 1 is 1.07 bits per heavy atom. The zero-order valence-electron chi connectivity index (χ0n) is 15.5. The molecule has 1 amide bonds. The maximum atomic E-state index is 12.8. The second kappa shape index (κ2) is 7.17. The maximum Gasteiger partial charge on any atom is 0.241 e. The number of rotatable bonds is 6. The number of para-hydroxylation sites is 1. The van der Waals surface area contributed by atoms with Gasteiger partial charge in [0.15, 0.2) is 0 Å². The highest BCUT2D eigenvalue weighted by Crippen LogP contribution is 2.24. The summed E-state index contributed by atoms with van der Waals surface area (Å²) in [4.78, 5) is 14.5. The smallest absolute Gasteiger partial charge is 0.241 e. The van der Waals surface area contributed by atoms with Gasteiger partial charge in [0, 0.05) is 35.2 Å². The van der Waals surface area contributed by atoms with Gasteiger partial charge < -0.3 is 10.3 Å². The molecule has 0 radical (unpaired) electrons. The minimum Gasteiger partial charge on any atom is -0.361 e. The van der Waals surface area contributed by atoms with E-state index in [1.165, 1.54) is 19.1 Å². The van der Waals surface area contributed by atoms with Gasteiger partial charge in [-0.2, -0.15) is 0 Å². The molecule has 1 aromatic heterocycles. The number of aromatic nitrogens is 1. The molecule has 0 spiro atoms. The van der Waals surface area contributed by atoms with E-state index < -0.39 is 15.6 Å². The zero-order chi connectivity index (χ0) is 19.7. The third-order valence-electron chi connectivity index (χ3n) is 4.20. The van der Waals surface area contributed by atoms with Crippen LogP contribution in [0.5, 0.6) is 0 Å². The van der Waals surface area contributed by atoms with E-state index >= 15 is 0 Å². The van der Waals surface area contributed by atoms with Crippen LogP contribution in [-0.4, -0.2) is 24.8 Å². The van der Waals surface area contributed by atoms with Gasteiger partial charge in [0.05, 0.1) is 4.90 Å². The average Bonchev–Trinajstić information content (AvgIpc) is 2.96. The van der Waals surface area contributed by atoms with Crippen molar-refractivity contribution < 1.29 is 13.2 Å². The highest BCUT2D eigenvalue weighted by Gasteiger charge is 2.27. The van der Waals surface area contributed by atoms with Gasteiger partial charge in [0.1, 0.15) is 0 Å². The quantitative estimate of drug-likeness (QED) is 0.607. The summed E-state index contributed by atoms with van der Waals surface area (Å²) in [5, 5.41) is 3.71. The number of anilines is 1. The zero-order valence-corrected chi connectivity index (χ0v) is 16.4. The average molecular weight is 385 g/mol. The fourth-order valence-corrected chi connectivity index (χ4v) is 4.55. The van der Waals surface area contributed by atoms with Crippen molar-refractivity contribution in [2.45, 2.75) is 37.6 Å². The van der Waals surface area contributed by atoms with Crippen LogP contribution in [0.4, 0.5) is 5.69 Å². The third kappa shape index (κ3) is 4.56. The summed E-state index contributed by atoms with van der Waals surface area (Å²) in [6, 6.07) is 14.0. The summed E-state index contributed by atoms with van der Waals surface area (Å²) in [5.74, 6) is -0.205. The van der Waals surface area contributed by atoms with E-state index in [4.69, 9.17) is 0 Å². The molecule has 0 aliphatic rings. The highest BCUT2D eigenvalue weighted by atomic mass is 32.2. The summed E-state index contributed by atoms with van der Waals surface area (Å²) in [6.07, 6.45) is 2.46. The Bertz CT molecular complexity index is 1070. The van der Waals surface area contributed by atoms with Crippen molar-refractivity contribution in [3.05, 3.63) is 60.3 Å². The first-order valence-electron chi connectivity index (χ1n) is 8.63. The lowest BCUT2D eigenvalue weighted by molar-refractivity contribution is -0.114. The molecule has 6 nitrogen and oxygen atoms in total. The van der Waals surface area contributed by atoms with Gasteiger partial charge >= 0.3 is 0 Å². The van der Waals surface area contributed by atoms with Crippen LogP contribution in [0.15, 0.2) is 59.6 Å². The number of carbonyl (C=O) groups excluding carboxylic acids is 1. The maximum absolute atomic E-state index is 12.8. The second-order valence-corrected chi connectivity index (χ2v) is 8.91. The fraction of sp³-hybridized carbons (Fsp3) is 0.250. The lowest BCUT2D eigenvalue weighted by Gasteiger charge is -2.26. The van der Waals surface area contributed by atoms with Crippen molar-refractivity contribution in [1.29, 1.82) is 0 Å². The molecule has 0 aliphatic carbocycles. The molecule has 3 aromatic rings. The minimum absolute atomic E-state index is 0.156. The van der Waals surface area contributed by atoms with Gasteiger partial charge in [-0.1, -0.05) is 18.2 Å². The van der Waals surface area contributed by atoms with Crippen LogP contribution in [0.1, 0.15) is 26.3 Å². The Balaban J connectivity index is 1.78. The minimum atomic E-state index is -3.69. The molecule has 142 valence electrons. The predicted octanol–water partition coefficient (Wildman–Crippen LogP) is 3.43. The van der Waals surface area contributed by atoms with Crippen LogP contribution in [0, 0.1) is 0 Å². The number of benzene rings is 2. The van der Waals surface area contributed by atoms with Crippen molar-refractivity contribution in [3.63, 3.8) is 0 Å². The lowest BCUT2D eigenvalue weighted by Crippen LogP contribution is -2.44. The number of H-pyrrole nitrogens is 1. The molecule has 3 rings (SSSR count). The molecule has 0 saturated heterocycles. The van der Waals surface area contributed by atoms with Gasteiger partial charge in [-0.3, -0.25) is 4.79 Å². The summed E-state index contributed by atoms with van der Waals surface area (Å²) >= 11 is 0. The van der Waals surface area contributed by atoms with Crippen molar-refractivity contribution in [2.75, 3.05) is 5.32 Å². The van der Waals surface area contributed by atoms with Crippen LogP contribution in [-0.2, 0) is 21.2 Å². The molecule has 0 saturated carbocycles. The summed E-state index contributed by atoms with van der Waals surface area (Å²) in [6.45, 7) is 5.12. The number of carbonyl (C=O) groups is 1. The number of amides is 1. The van der Waals surface area contributed by atoms with E-state index in [0.717, 1.165) is 16.5 Å². The van der Waals surface area contributed by atoms with E-state index in [9.17, 15) is 13.2 Å². The van der Waals surface area contributed by atoms with Crippen molar-refractivity contribution in [2.24, 2.45) is 0 Å². The topological polar surface area (TPSA) is 91.1 Å². The second-order valence-electron chi connectivity index (χ2n) is 7.23. The summed E-state index contributed by atoms with van der Waals surface area (Å²) in [5.41, 5.74) is 1.96. The van der Waals surface area contributed by atoms with Crippen LogP contribution in [0.25, 0.3) is 10.9 Å². The molecular formula is C20H23N3O3S. The standard InChI is InChI=1S/C20H23N3O3S/c1-14(24)22-16-8-10-17(11-9-16)27(25,26)23-20(2,3)12-15-13-21-19-7-5-4-6-18(15)19/h4-11,13,21,23H,12H2,1-3H3,(H,22,24). The first-order valence-corrected chi connectivity index (χ1v) is 10.1. The largest absolute Gasteiger partial charge is 0.361 e. The molecule has 0 unspecified atom stereocenters. The van der Waals surface area contributed by atoms with Crippen molar-refractivity contribution in [1.82, 2.24) is 9.71 Å². The Hall–Kier alpha value is -2.64. The van der Waals surface area contributed by atoms with E-state index in [-0.39, 0.29) is 10.8 Å². The van der Waals surface area contributed by atoms with Crippen molar-refractivity contribution >= 4 is 32.5 Å². The molecule has 7 heteroatoms. The number of fused-ring (bicyclic) bond motifs is 1. The molecular weight excluding hydrogens is 362 g/mol. The molecule has 1 heterocycles. The van der Waals surface area contributed by atoms with Crippen LogP contribution >= 0.6 is 0 Å². The molecule has 3 N–H and O–H groups in total. The van der Waals surface area contributed by atoms with Crippen molar-refractivity contribution in [3.8, 4) is 0 Å². The van der Waals surface area contributed by atoms with E-state index in [1.54, 1.807) is 12.1 Å². The molecule has 0 fully saturated rings. The third-order valence-corrected chi connectivity index (χ3v) is 5.92. The lowest BCUT2D eigenvalue weighted by atomic mass is 9.96. The Morgan fingerprint density at radius 2 is 1.74 bits per heavy atom. The Labute approximate surface area is 159 Å². The van der Waals surface area contributed by atoms with Gasteiger partial charge in [-0.15, -0.1) is 0 Å². The number of nitrogens with one attached hydrogen (secondary N) is 3. The van der Waals surface area contributed by atoms with Gasteiger partial charge in [-0.25, -0.2) is 13.1 Å². The SMILES string of the molecule is CC(=O)Nc1ccc(S(=O)(=O)NC(C)(C)Cc2c[nH]c3ccccc23)cc1. The molecule has 2 aromatic carbocycles. The number of hydrogen-bond donors (Lipinski definition) is 3. The normalized spacial score (nSPS) is 12.3. The summed E-state index contributed by atoms with van der Waals surface area (Å²) in [7, 11) is -3.69.